The first-order valence-electron chi connectivity index (χ1n) is 6.44. The summed E-state index contributed by atoms with van der Waals surface area (Å²) in [7, 11) is 0. The van der Waals surface area contributed by atoms with Crippen LogP contribution in [0.2, 0.25) is 10.0 Å². The largest absolute Gasteiger partial charge is 0.481 e. The summed E-state index contributed by atoms with van der Waals surface area (Å²) in [5.74, 6) is 0.376. The summed E-state index contributed by atoms with van der Waals surface area (Å²) < 4.78 is 5.59. The van der Waals surface area contributed by atoms with Crippen molar-refractivity contribution in [1.82, 2.24) is 0 Å². The van der Waals surface area contributed by atoms with Crippen molar-refractivity contribution in [2.45, 2.75) is 20.0 Å². The highest BCUT2D eigenvalue weighted by molar-refractivity contribution is 6.35. The summed E-state index contributed by atoms with van der Waals surface area (Å²) in [6, 6.07) is 12.4. The van der Waals surface area contributed by atoms with Crippen molar-refractivity contribution in [2.24, 2.45) is 0 Å². The summed E-state index contributed by atoms with van der Waals surface area (Å²) in [6.07, 6.45) is -0.634. The molecule has 110 valence electrons. The summed E-state index contributed by atoms with van der Waals surface area (Å²) in [4.78, 5) is 12.1. The first kappa shape index (κ1) is 15.7. The third kappa shape index (κ3) is 4.66. The zero-order valence-corrected chi connectivity index (χ0v) is 13.2. The lowest BCUT2D eigenvalue weighted by molar-refractivity contribution is -0.122. The third-order valence-corrected chi connectivity index (χ3v) is 3.27. The number of hydrogen-bond donors (Lipinski definition) is 1. The maximum Gasteiger partial charge on any atom is 0.265 e. The quantitative estimate of drug-likeness (QED) is 0.885. The number of anilines is 1. The maximum atomic E-state index is 12.1. The number of halogens is 2. The second-order valence-electron chi connectivity index (χ2n) is 4.72. The van der Waals surface area contributed by atoms with Crippen LogP contribution in [0.4, 0.5) is 5.69 Å². The van der Waals surface area contributed by atoms with Crippen LogP contribution in [0.1, 0.15) is 12.5 Å². The Morgan fingerprint density at radius 2 is 1.67 bits per heavy atom. The molecule has 2 rings (SSSR count). The summed E-state index contributed by atoms with van der Waals surface area (Å²) in [5, 5.41) is 3.65. The number of amides is 1. The van der Waals surface area contributed by atoms with Crippen molar-refractivity contribution in [3.05, 3.63) is 58.1 Å². The van der Waals surface area contributed by atoms with Gasteiger partial charge in [-0.2, -0.15) is 0 Å². The van der Waals surface area contributed by atoms with Crippen molar-refractivity contribution < 1.29 is 9.53 Å². The highest BCUT2D eigenvalue weighted by atomic mass is 35.5. The van der Waals surface area contributed by atoms with Crippen molar-refractivity contribution in [3.8, 4) is 5.75 Å². The highest BCUT2D eigenvalue weighted by Gasteiger charge is 2.15. The van der Waals surface area contributed by atoms with Crippen LogP contribution in [0, 0.1) is 6.92 Å². The predicted octanol–water partition coefficient (Wildman–Crippen LogP) is 4.71. The van der Waals surface area contributed by atoms with Gasteiger partial charge >= 0.3 is 0 Å². The van der Waals surface area contributed by atoms with Crippen LogP contribution in [0.25, 0.3) is 0 Å². The SMILES string of the molecule is Cc1ccc(O[C@H](C)C(=O)Nc2cc(Cl)cc(Cl)c2)cc1. The number of aryl methyl sites for hydroxylation is 1. The summed E-state index contributed by atoms with van der Waals surface area (Å²) >= 11 is 11.8. The van der Waals surface area contributed by atoms with Crippen LogP contribution >= 0.6 is 23.2 Å². The van der Waals surface area contributed by atoms with Gasteiger partial charge < -0.3 is 10.1 Å². The van der Waals surface area contributed by atoms with E-state index in [0.717, 1.165) is 5.56 Å². The van der Waals surface area contributed by atoms with Gasteiger partial charge in [0.2, 0.25) is 0 Å². The number of benzene rings is 2. The van der Waals surface area contributed by atoms with Crippen LogP contribution in [-0.2, 0) is 4.79 Å². The first-order valence-corrected chi connectivity index (χ1v) is 7.20. The topological polar surface area (TPSA) is 38.3 Å². The first-order chi connectivity index (χ1) is 9.94. The maximum absolute atomic E-state index is 12.1. The molecule has 0 aromatic heterocycles. The Kier molecular flexibility index (Phi) is 5.10. The average molecular weight is 324 g/mol. The molecule has 3 nitrogen and oxygen atoms in total. The number of nitrogens with one attached hydrogen (secondary N) is 1. The van der Waals surface area contributed by atoms with Gasteiger partial charge in [-0.1, -0.05) is 40.9 Å². The van der Waals surface area contributed by atoms with Crippen molar-refractivity contribution in [1.29, 1.82) is 0 Å². The van der Waals surface area contributed by atoms with Crippen LogP contribution in [0.5, 0.6) is 5.75 Å². The molecule has 0 aliphatic rings. The van der Waals surface area contributed by atoms with Crippen LogP contribution in [-0.4, -0.2) is 12.0 Å². The highest BCUT2D eigenvalue weighted by Crippen LogP contribution is 2.23. The molecule has 21 heavy (non-hydrogen) atoms. The monoisotopic (exact) mass is 323 g/mol. The van der Waals surface area contributed by atoms with Crippen molar-refractivity contribution in [2.75, 3.05) is 5.32 Å². The number of rotatable bonds is 4. The second-order valence-corrected chi connectivity index (χ2v) is 5.59. The molecular weight excluding hydrogens is 309 g/mol. The number of carbonyl (C=O) groups is 1. The molecule has 0 unspecified atom stereocenters. The molecular formula is C16H15Cl2NO2. The van der Waals surface area contributed by atoms with Gasteiger partial charge in [-0.05, 0) is 44.2 Å². The van der Waals surface area contributed by atoms with E-state index in [0.29, 0.717) is 21.5 Å². The molecule has 0 aliphatic carbocycles. The van der Waals surface area contributed by atoms with E-state index in [4.69, 9.17) is 27.9 Å². The van der Waals surface area contributed by atoms with E-state index in [1.807, 2.05) is 31.2 Å². The van der Waals surface area contributed by atoms with Gasteiger partial charge in [0.1, 0.15) is 5.75 Å². The molecule has 0 fully saturated rings. The van der Waals surface area contributed by atoms with Gasteiger partial charge in [0.25, 0.3) is 5.91 Å². The van der Waals surface area contributed by atoms with Gasteiger partial charge in [-0.15, -0.1) is 0 Å². The number of carbonyl (C=O) groups excluding carboxylic acids is 1. The van der Waals surface area contributed by atoms with Crippen molar-refractivity contribution in [3.63, 3.8) is 0 Å². The lowest BCUT2D eigenvalue weighted by atomic mass is 10.2. The lowest BCUT2D eigenvalue weighted by Gasteiger charge is -2.15. The molecule has 2 aromatic rings. The Balaban J connectivity index is 2.00. The molecule has 1 atom stereocenters. The number of hydrogen-bond acceptors (Lipinski definition) is 2. The minimum atomic E-state index is -0.634. The molecule has 0 aliphatic heterocycles. The fraction of sp³-hybridized carbons (Fsp3) is 0.188. The van der Waals surface area contributed by atoms with Crippen LogP contribution in [0.3, 0.4) is 0 Å². The molecule has 0 saturated heterocycles. The fourth-order valence-corrected chi connectivity index (χ4v) is 2.27. The Hall–Kier alpha value is -1.71. The lowest BCUT2D eigenvalue weighted by Crippen LogP contribution is -2.30. The van der Waals surface area contributed by atoms with E-state index in [1.165, 1.54) is 0 Å². The number of ether oxygens (including phenoxy) is 1. The molecule has 2 aromatic carbocycles. The van der Waals surface area contributed by atoms with E-state index >= 15 is 0 Å². The standard InChI is InChI=1S/C16H15Cl2NO2/c1-10-3-5-15(6-4-10)21-11(2)16(20)19-14-8-12(17)7-13(18)9-14/h3-9,11H,1-2H3,(H,19,20)/t11-/m1/s1. The van der Waals surface area contributed by atoms with E-state index in [-0.39, 0.29) is 5.91 Å². The molecule has 0 spiro atoms. The van der Waals surface area contributed by atoms with Gasteiger partial charge in [0.15, 0.2) is 6.10 Å². The fourth-order valence-electron chi connectivity index (χ4n) is 1.74. The summed E-state index contributed by atoms with van der Waals surface area (Å²) in [6.45, 7) is 3.67. The predicted molar refractivity (Wildman–Crippen MR) is 86.4 cm³/mol. The zero-order chi connectivity index (χ0) is 15.4. The van der Waals surface area contributed by atoms with Crippen LogP contribution < -0.4 is 10.1 Å². The minimum Gasteiger partial charge on any atom is -0.481 e. The second kappa shape index (κ2) is 6.83. The normalized spacial score (nSPS) is 11.8. The van der Waals surface area contributed by atoms with Crippen LogP contribution in [0.15, 0.2) is 42.5 Å². The molecule has 0 bridgehead atoms. The smallest absolute Gasteiger partial charge is 0.265 e. The van der Waals surface area contributed by atoms with E-state index in [2.05, 4.69) is 5.32 Å². The molecule has 5 heteroatoms. The molecule has 1 amide bonds. The Labute approximate surface area is 133 Å². The molecule has 1 N–H and O–H groups in total. The molecule has 0 saturated carbocycles. The minimum absolute atomic E-state index is 0.270. The average Bonchev–Trinajstić information content (AvgIpc) is 2.40. The Morgan fingerprint density at radius 1 is 1.10 bits per heavy atom. The zero-order valence-electron chi connectivity index (χ0n) is 11.7. The Morgan fingerprint density at radius 3 is 2.24 bits per heavy atom. The van der Waals surface area contributed by atoms with Gasteiger partial charge in [0, 0.05) is 15.7 Å². The molecule has 0 heterocycles. The van der Waals surface area contributed by atoms with Gasteiger partial charge in [-0.3, -0.25) is 4.79 Å². The summed E-state index contributed by atoms with van der Waals surface area (Å²) in [5.41, 5.74) is 1.67. The van der Waals surface area contributed by atoms with Gasteiger partial charge in [0.05, 0.1) is 0 Å². The van der Waals surface area contributed by atoms with E-state index < -0.39 is 6.10 Å². The Bertz CT molecular complexity index is 621. The van der Waals surface area contributed by atoms with Crippen molar-refractivity contribution >= 4 is 34.8 Å². The van der Waals surface area contributed by atoms with E-state index in [9.17, 15) is 4.79 Å². The molecule has 0 radical (unpaired) electrons. The van der Waals surface area contributed by atoms with E-state index in [1.54, 1.807) is 25.1 Å². The third-order valence-electron chi connectivity index (χ3n) is 2.83. The van der Waals surface area contributed by atoms with Gasteiger partial charge in [-0.25, -0.2) is 0 Å².